The van der Waals surface area contributed by atoms with Gasteiger partial charge in [0.25, 0.3) is 10.0 Å². The fraction of sp³-hybridized carbons (Fsp3) is 0.286. The fourth-order valence-corrected chi connectivity index (χ4v) is 2.20. The highest BCUT2D eigenvalue weighted by Gasteiger charge is 2.18. The van der Waals surface area contributed by atoms with Gasteiger partial charge in [0, 0.05) is 5.57 Å². The van der Waals surface area contributed by atoms with Crippen molar-refractivity contribution in [2.24, 2.45) is 0 Å². The number of hydrogen-bond donors (Lipinski definition) is 1. The van der Waals surface area contributed by atoms with Gasteiger partial charge in [0.2, 0.25) is 0 Å². The van der Waals surface area contributed by atoms with Crippen LogP contribution >= 0.6 is 0 Å². The Kier molecular flexibility index (Phi) is 6.11. The van der Waals surface area contributed by atoms with Crippen molar-refractivity contribution in [1.82, 2.24) is 4.72 Å². The van der Waals surface area contributed by atoms with Gasteiger partial charge in [-0.25, -0.2) is 22.7 Å². The number of carbonyl (C=O) groups is 2. The van der Waals surface area contributed by atoms with Crippen LogP contribution in [-0.4, -0.2) is 33.7 Å². The minimum absolute atomic E-state index is 0.0521. The normalized spacial score (nSPS) is 10.6. The second-order valence-corrected chi connectivity index (χ2v) is 6.15. The summed E-state index contributed by atoms with van der Waals surface area (Å²) in [6, 6.07) is 5.97. The molecule has 1 rings (SSSR count). The molecule has 0 saturated carbocycles. The highest BCUT2D eigenvalue weighted by atomic mass is 32.2. The standard InChI is InChI=1S/C14H17NO6S/c1-10(2)13(16)20-8-9-21-14(17)15-22(18,19)12-6-4-11(3)5-7-12/h4-7H,1,8-9H2,2-3H3,(H,15,17). The van der Waals surface area contributed by atoms with E-state index in [-0.39, 0.29) is 23.7 Å². The highest BCUT2D eigenvalue weighted by molar-refractivity contribution is 7.90. The Bertz CT molecular complexity index is 663. The monoisotopic (exact) mass is 327 g/mol. The molecule has 0 aliphatic carbocycles. The van der Waals surface area contributed by atoms with Crippen LogP contribution in [0.25, 0.3) is 0 Å². The number of amides is 1. The van der Waals surface area contributed by atoms with Crippen molar-refractivity contribution in [3.8, 4) is 0 Å². The molecule has 0 heterocycles. The zero-order chi connectivity index (χ0) is 16.8. The first-order valence-corrected chi connectivity index (χ1v) is 7.79. The number of rotatable bonds is 6. The molecule has 7 nitrogen and oxygen atoms in total. The van der Waals surface area contributed by atoms with Crippen molar-refractivity contribution < 1.29 is 27.5 Å². The van der Waals surface area contributed by atoms with E-state index in [4.69, 9.17) is 0 Å². The van der Waals surface area contributed by atoms with E-state index in [1.807, 2.05) is 6.92 Å². The van der Waals surface area contributed by atoms with Crippen LogP contribution in [-0.2, 0) is 24.3 Å². The predicted molar refractivity (Wildman–Crippen MR) is 78.6 cm³/mol. The second-order valence-electron chi connectivity index (χ2n) is 4.47. The van der Waals surface area contributed by atoms with Crippen molar-refractivity contribution in [1.29, 1.82) is 0 Å². The average Bonchev–Trinajstić information content (AvgIpc) is 2.43. The van der Waals surface area contributed by atoms with Crippen LogP contribution in [0.2, 0.25) is 0 Å². The zero-order valence-corrected chi connectivity index (χ0v) is 13.1. The lowest BCUT2D eigenvalue weighted by atomic mass is 10.2. The number of esters is 1. The first-order valence-electron chi connectivity index (χ1n) is 6.31. The van der Waals surface area contributed by atoms with Gasteiger partial charge < -0.3 is 9.47 Å². The number of nitrogens with one attached hydrogen (secondary N) is 1. The van der Waals surface area contributed by atoms with E-state index in [1.54, 1.807) is 16.9 Å². The smallest absolute Gasteiger partial charge is 0.421 e. The van der Waals surface area contributed by atoms with Gasteiger partial charge in [-0.1, -0.05) is 24.3 Å². The Labute approximate surface area is 129 Å². The first-order chi connectivity index (χ1) is 10.2. The third-order valence-corrected chi connectivity index (χ3v) is 3.78. The minimum Gasteiger partial charge on any atom is -0.459 e. The van der Waals surface area contributed by atoms with Gasteiger partial charge in [-0.15, -0.1) is 0 Å². The lowest BCUT2D eigenvalue weighted by molar-refractivity contribution is -0.139. The first kappa shape index (κ1) is 17.7. The molecule has 0 bridgehead atoms. The predicted octanol–water partition coefficient (Wildman–Crippen LogP) is 1.53. The van der Waals surface area contributed by atoms with Gasteiger partial charge in [-0.3, -0.25) is 0 Å². The molecule has 8 heteroatoms. The summed E-state index contributed by atoms with van der Waals surface area (Å²) in [6.07, 6.45) is -1.15. The summed E-state index contributed by atoms with van der Waals surface area (Å²) in [4.78, 5) is 22.4. The zero-order valence-electron chi connectivity index (χ0n) is 12.3. The third kappa shape index (κ3) is 5.57. The molecule has 0 saturated heterocycles. The quantitative estimate of drug-likeness (QED) is 0.483. The lowest BCUT2D eigenvalue weighted by Crippen LogP contribution is -2.32. The van der Waals surface area contributed by atoms with E-state index in [9.17, 15) is 18.0 Å². The van der Waals surface area contributed by atoms with Crippen molar-refractivity contribution in [2.75, 3.05) is 13.2 Å². The van der Waals surface area contributed by atoms with E-state index in [0.29, 0.717) is 0 Å². The number of ether oxygens (including phenoxy) is 2. The molecule has 120 valence electrons. The maximum Gasteiger partial charge on any atom is 0.421 e. The second kappa shape index (κ2) is 7.60. The average molecular weight is 327 g/mol. The van der Waals surface area contributed by atoms with E-state index in [1.165, 1.54) is 19.1 Å². The number of aryl methyl sites for hydroxylation is 1. The Hall–Kier alpha value is -2.35. The van der Waals surface area contributed by atoms with Gasteiger partial charge in [0.15, 0.2) is 0 Å². The summed E-state index contributed by atoms with van der Waals surface area (Å²) in [7, 11) is -3.99. The maximum atomic E-state index is 11.9. The Morgan fingerprint density at radius 2 is 1.68 bits per heavy atom. The molecule has 1 N–H and O–H groups in total. The molecule has 1 aromatic rings. The maximum absolute atomic E-state index is 11.9. The molecule has 0 spiro atoms. The van der Waals surface area contributed by atoms with Gasteiger partial charge in [-0.05, 0) is 26.0 Å². The Morgan fingerprint density at radius 3 is 2.23 bits per heavy atom. The van der Waals surface area contributed by atoms with Crippen LogP contribution in [0, 0.1) is 6.92 Å². The summed E-state index contributed by atoms with van der Waals surface area (Å²) in [6.45, 7) is 6.21. The van der Waals surface area contributed by atoms with E-state index in [2.05, 4.69) is 16.1 Å². The number of benzene rings is 1. The topological polar surface area (TPSA) is 98.8 Å². The van der Waals surface area contributed by atoms with Gasteiger partial charge in [-0.2, -0.15) is 0 Å². The van der Waals surface area contributed by atoms with E-state index < -0.39 is 22.1 Å². The molecule has 0 aliphatic rings. The molecular formula is C14H17NO6S. The van der Waals surface area contributed by atoms with Crippen LogP contribution in [0.15, 0.2) is 41.3 Å². The van der Waals surface area contributed by atoms with E-state index >= 15 is 0 Å². The van der Waals surface area contributed by atoms with Gasteiger partial charge >= 0.3 is 12.1 Å². The number of hydrogen-bond acceptors (Lipinski definition) is 6. The number of sulfonamides is 1. The number of carbonyl (C=O) groups excluding carboxylic acids is 2. The molecule has 0 fully saturated rings. The molecule has 0 radical (unpaired) electrons. The van der Waals surface area contributed by atoms with Crippen molar-refractivity contribution in [3.05, 3.63) is 42.0 Å². The SMILES string of the molecule is C=C(C)C(=O)OCCOC(=O)NS(=O)(=O)c1ccc(C)cc1. The molecule has 0 unspecified atom stereocenters. The summed E-state index contributed by atoms with van der Waals surface area (Å²) in [5, 5.41) is 0. The summed E-state index contributed by atoms with van der Waals surface area (Å²) in [5.74, 6) is -0.615. The van der Waals surface area contributed by atoms with Crippen LogP contribution < -0.4 is 4.72 Å². The van der Waals surface area contributed by atoms with Crippen LogP contribution in [0.4, 0.5) is 4.79 Å². The largest absolute Gasteiger partial charge is 0.459 e. The Morgan fingerprint density at radius 1 is 1.14 bits per heavy atom. The van der Waals surface area contributed by atoms with Crippen molar-refractivity contribution in [2.45, 2.75) is 18.7 Å². The fourth-order valence-electron chi connectivity index (χ4n) is 1.31. The molecule has 0 atom stereocenters. The highest BCUT2D eigenvalue weighted by Crippen LogP contribution is 2.09. The Balaban J connectivity index is 2.46. The van der Waals surface area contributed by atoms with Crippen molar-refractivity contribution >= 4 is 22.1 Å². The summed E-state index contributed by atoms with van der Waals surface area (Å²) in [5.41, 5.74) is 1.10. The van der Waals surface area contributed by atoms with Gasteiger partial charge in [0.05, 0.1) is 4.90 Å². The molecule has 1 aromatic carbocycles. The molecular weight excluding hydrogens is 310 g/mol. The molecule has 0 aromatic heterocycles. The third-order valence-electron chi connectivity index (χ3n) is 2.45. The molecule has 0 aliphatic heterocycles. The van der Waals surface area contributed by atoms with Gasteiger partial charge in [0.1, 0.15) is 13.2 Å². The minimum atomic E-state index is -3.99. The summed E-state index contributed by atoms with van der Waals surface area (Å²) >= 11 is 0. The van der Waals surface area contributed by atoms with Crippen LogP contribution in [0.3, 0.4) is 0 Å². The molecule has 1 amide bonds. The molecule has 22 heavy (non-hydrogen) atoms. The van der Waals surface area contributed by atoms with E-state index in [0.717, 1.165) is 5.56 Å². The van der Waals surface area contributed by atoms with Crippen LogP contribution in [0.5, 0.6) is 0 Å². The lowest BCUT2D eigenvalue weighted by Gasteiger charge is -2.08. The summed E-state index contributed by atoms with van der Waals surface area (Å²) < 4.78 is 34.8. The van der Waals surface area contributed by atoms with Crippen LogP contribution in [0.1, 0.15) is 12.5 Å². The van der Waals surface area contributed by atoms with Crippen molar-refractivity contribution in [3.63, 3.8) is 0 Å².